The van der Waals surface area contributed by atoms with E-state index in [1.807, 2.05) is 60.7 Å². The molecule has 4 rings (SSSR count). The molecule has 4 aromatic rings. The van der Waals surface area contributed by atoms with Crippen LogP contribution >= 0.6 is 11.3 Å². The van der Waals surface area contributed by atoms with Crippen molar-refractivity contribution in [1.82, 2.24) is 9.13 Å². The molecular weight excluding hydrogens is 400 g/mol. The number of fused-ring (bicyclic) bond motifs is 1. The Morgan fingerprint density at radius 3 is 2.33 bits per heavy atom. The highest BCUT2D eigenvalue weighted by Crippen LogP contribution is 2.25. The van der Waals surface area contributed by atoms with Gasteiger partial charge in [0.15, 0.2) is 0 Å². The zero-order valence-corrected chi connectivity index (χ0v) is 17.4. The summed E-state index contributed by atoms with van der Waals surface area (Å²) in [6.45, 7) is 1.96. The van der Waals surface area contributed by atoms with Crippen LogP contribution in [0.5, 0.6) is 0 Å². The van der Waals surface area contributed by atoms with Crippen molar-refractivity contribution in [1.29, 1.82) is 0 Å². The molecule has 0 aliphatic rings. The van der Waals surface area contributed by atoms with Gasteiger partial charge in [0, 0.05) is 7.05 Å². The largest absolute Gasteiger partial charge is 0.454 e. The molecular formula is C23H20N2O4S. The van der Waals surface area contributed by atoms with E-state index in [1.165, 1.54) is 15.2 Å². The summed E-state index contributed by atoms with van der Waals surface area (Å²) in [7, 11) is 1.60. The van der Waals surface area contributed by atoms with Crippen molar-refractivity contribution >= 4 is 27.5 Å². The minimum Gasteiger partial charge on any atom is -0.454 e. The topological polar surface area (TPSA) is 70.3 Å². The van der Waals surface area contributed by atoms with Crippen LogP contribution < -0.4 is 11.2 Å². The van der Waals surface area contributed by atoms with Gasteiger partial charge in [-0.05, 0) is 24.1 Å². The fraction of sp³-hybridized carbons (Fsp3) is 0.174. The number of carbonyl (C=O) groups is 1. The molecule has 30 heavy (non-hydrogen) atoms. The third-order valence-electron chi connectivity index (χ3n) is 4.95. The molecule has 1 atom stereocenters. The number of nitrogens with zero attached hydrogens (tertiary/aromatic N) is 2. The molecule has 1 unspecified atom stereocenters. The van der Waals surface area contributed by atoms with Crippen molar-refractivity contribution in [2.24, 2.45) is 7.05 Å². The van der Waals surface area contributed by atoms with Crippen LogP contribution in [0.3, 0.4) is 0 Å². The minimum atomic E-state index is -0.519. The molecule has 2 heterocycles. The van der Waals surface area contributed by atoms with Crippen LogP contribution in [0.2, 0.25) is 0 Å². The number of aromatic nitrogens is 2. The van der Waals surface area contributed by atoms with Crippen LogP contribution in [-0.2, 0) is 18.3 Å². The fourth-order valence-electron chi connectivity index (χ4n) is 3.30. The number of hydrogen-bond acceptors (Lipinski definition) is 5. The van der Waals surface area contributed by atoms with Gasteiger partial charge in [-0.1, -0.05) is 60.7 Å². The first kappa shape index (κ1) is 19.8. The molecule has 0 spiro atoms. The molecule has 2 aromatic heterocycles. The molecule has 0 saturated heterocycles. The molecule has 0 radical (unpaired) electrons. The summed E-state index contributed by atoms with van der Waals surface area (Å²) in [5.41, 5.74) is 0.895. The average molecular weight is 420 g/mol. The Kier molecular flexibility index (Phi) is 5.37. The number of aryl methyl sites for hydroxylation is 1. The Morgan fingerprint density at radius 1 is 1.03 bits per heavy atom. The Labute approximate surface area is 176 Å². The van der Waals surface area contributed by atoms with Crippen LogP contribution in [0.15, 0.2) is 76.3 Å². The highest BCUT2D eigenvalue weighted by Gasteiger charge is 2.20. The number of thiophene rings is 1. The number of ether oxygens (including phenoxy) is 1. The maximum absolute atomic E-state index is 13.0. The van der Waals surface area contributed by atoms with E-state index in [4.69, 9.17) is 4.74 Å². The fourth-order valence-corrected chi connectivity index (χ4v) is 4.29. The Balaban J connectivity index is 1.69. The second-order valence-electron chi connectivity index (χ2n) is 7.01. The normalized spacial score (nSPS) is 12.1. The highest BCUT2D eigenvalue weighted by atomic mass is 32.1. The lowest BCUT2D eigenvalue weighted by Crippen LogP contribution is -2.38. The first-order valence-corrected chi connectivity index (χ1v) is 10.3. The number of esters is 1. The van der Waals surface area contributed by atoms with Gasteiger partial charge in [-0.2, -0.15) is 0 Å². The number of carbonyl (C=O) groups excluding carboxylic acids is 1. The van der Waals surface area contributed by atoms with Crippen molar-refractivity contribution in [3.8, 4) is 0 Å². The lowest BCUT2D eigenvalue weighted by molar-refractivity contribution is 0.0344. The summed E-state index contributed by atoms with van der Waals surface area (Å²) in [4.78, 5) is 39.2. The van der Waals surface area contributed by atoms with Gasteiger partial charge in [0.05, 0.1) is 11.9 Å². The van der Waals surface area contributed by atoms with Crippen molar-refractivity contribution in [3.63, 3.8) is 0 Å². The molecule has 0 aliphatic heterocycles. The van der Waals surface area contributed by atoms with Crippen LogP contribution in [-0.4, -0.2) is 15.1 Å². The lowest BCUT2D eigenvalue weighted by Gasteiger charge is -2.12. The molecule has 0 saturated carbocycles. The summed E-state index contributed by atoms with van der Waals surface area (Å²) >= 11 is 1.09. The van der Waals surface area contributed by atoms with Gasteiger partial charge in [0.2, 0.25) is 0 Å². The second kappa shape index (κ2) is 8.12. The number of hydrogen-bond donors (Lipinski definition) is 0. The van der Waals surface area contributed by atoms with Gasteiger partial charge >= 0.3 is 11.7 Å². The van der Waals surface area contributed by atoms with Crippen molar-refractivity contribution in [2.45, 2.75) is 19.6 Å². The van der Waals surface area contributed by atoms with E-state index in [9.17, 15) is 14.4 Å². The predicted octanol–water partition coefficient (Wildman–Crippen LogP) is 3.73. The van der Waals surface area contributed by atoms with Gasteiger partial charge < -0.3 is 4.74 Å². The quantitative estimate of drug-likeness (QED) is 0.461. The molecule has 0 fully saturated rings. The first-order chi connectivity index (χ1) is 14.5. The summed E-state index contributed by atoms with van der Waals surface area (Å²) < 4.78 is 8.15. The Hall–Kier alpha value is -3.45. The second-order valence-corrected chi connectivity index (χ2v) is 8.04. The Morgan fingerprint density at radius 2 is 1.67 bits per heavy atom. The minimum absolute atomic E-state index is 0.170. The lowest BCUT2D eigenvalue weighted by atomic mass is 10.1. The van der Waals surface area contributed by atoms with Crippen molar-refractivity contribution in [2.75, 3.05) is 0 Å². The molecule has 0 bridgehead atoms. The summed E-state index contributed by atoms with van der Waals surface area (Å²) in [5.74, 6) is -0.519. The zero-order valence-electron chi connectivity index (χ0n) is 16.6. The third kappa shape index (κ3) is 3.71. The average Bonchev–Trinajstić information content (AvgIpc) is 3.22. The smallest absolute Gasteiger partial charge is 0.349 e. The van der Waals surface area contributed by atoms with E-state index in [2.05, 4.69) is 0 Å². The molecule has 6 nitrogen and oxygen atoms in total. The molecule has 0 amide bonds. The SMILES string of the molecule is CC(OC(=O)c1cc2c(=O)n(Cc3ccccc3)c(=O)n(C)c2s1)c1ccccc1. The maximum Gasteiger partial charge on any atom is 0.349 e. The highest BCUT2D eigenvalue weighted by molar-refractivity contribution is 7.20. The molecule has 0 aliphatic carbocycles. The van der Waals surface area contributed by atoms with E-state index in [0.717, 1.165) is 22.5 Å². The first-order valence-electron chi connectivity index (χ1n) is 9.49. The van der Waals surface area contributed by atoms with Gasteiger partial charge in [-0.15, -0.1) is 11.3 Å². The zero-order chi connectivity index (χ0) is 21.3. The van der Waals surface area contributed by atoms with Gasteiger partial charge in [-0.3, -0.25) is 13.9 Å². The van der Waals surface area contributed by atoms with Gasteiger partial charge in [0.1, 0.15) is 15.8 Å². The third-order valence-corrected chi connectivity index (χ3v) is 6.14. The Bertz CT molecular complexity index is 1320. The molecule has 2 aromatic carbocycles. The standard InChI is InChI=1S/C23H20N2O4S/c1-15(17-11-7-4-8-12-17)29-22(27)19-13-18-20(26)25(14-16-9-5-3-6-10-16)23(28)24(2)21(18)30-19/h3-13,15H,14H2,1-2H3. The van der Waals surface area contributed by atoms with Crippen LogP contribution in [0, 0.1) is 0 Å². The molecule has 152 valence electrons. The van der Waals surface area contributed by atoms with E-state index < -0.39 is 23.3 Å². The van der Waals surface area contributed by atoms with Crippen LogP contribution in [0.4, 0.5) is 0 Å². The van der Waals surface area contributed by atoms with Crippen molar-refractivity contribution < 1.29 is 9.53 Å². The summed E-state index contributed by atoms with van der Waals surface area (Å²) in [6.07, 6.45) is -0.428. The van der Waals surface area contributed by atoms with Gasteiger partial charge in [-0.25, -0.2) is 9.59 Å². The monoisotopic (exact) mass is 420 g/mol. The van der Waals surface area contributed by atoms with E-state index in [1.54, 1.807) is 14.0 Å². The van der Waals surface area contributed by atoms with Crippen LogP contribution in [0.25, 0.3) is 10.2 Å². The van der Waals surface area contributed by atoms with E-state index in [-0.39, 0.29) is 11.4 Å². The van der Waals surface area contributed by atoms with E-state index in [0.29, 0.717) is 10.2 Å². The number of rotatable bonds is 5. The summed E-state index contributed by atoms with van der Waals surface area (Å²) in [6, 6.07) is 20.2. The van der Waals surface area contributed by atoms with Crippen LogP contribution in [0.1, 0.15) is 33.8 Å². The van der Waals surface area contributed by atoms with Crippen molar-refractivity contribution in [3.05, 3.63) is 104 Å². The van der Waals surface area contributed by atoms with Gasteiger partial charge in [0.25, 0.3) is 5.56 Å². The predicted molar refractivity (Wildman–Crippen MR) is 117 cm³/mol. The van der Waals surface area contributed by atoms with E-state index >= 15 is 0 Å². The number of benzene rings is 2. The maximum atomic E-state index is 13.0. The molecule has 0 N–H and O–H groups in total. The summed E-state index contributed by atoms with van der Waals surface area (Å²) in [5, 5.41) is 0.331. The molecule has 7 heteroatoms.